The minimum atomic E-state index is -1.97. The van der Waals surface area contributed by atoms with E-state index < -0.39 is 28.7 Å². The summed E-state index contributed by atoms with van der Waals surface area (Å²) in [7, 11) is 4.59. The van der Waals surface area contributed by atoms with Gasteiger partial charge in [0.1, 0.15) is 5.82 Å². The summed E-state index contributed by atoms with van der Waals surface area (Å²) >= 11 is 0. The summed E-state index contributed by atoms with van der Waals surface area (Å²) in [5.41, 5.74) is 4.59. The van der Waals surface area contributed by atoms with E-state index in [1.165, 1.54) is 13.2 Å². The molecule has 5 N–H and O–H groups in total. The van der Waals surface area contributed by atoms with E-state index in [-0.39, 0.29) is 29.5 Å². The van der Waals surface area contributed by atoms with Crippen molar-refractivity contribution in [1.82, 2.24) is 15.6 Å². The topological polar surface area (TPSA) is 160 Å². The van der Waals surface area contributed by atoms with Gasteiger partial charge < -0.3 is 31.2 Å². The summed E-state index contributed by atoms with van der Waals surface area (Å²) in [5.74, 6) is -0.886. The number of carbonyl (C=O) groups excluding carboxylic acids is 3. The number of nitrogens with two attached hydrogens (primary N) is 1. The number of benzene rings is 1. The Labute approximate surface area is 220 Å². The quantitative estimate of drug-likeness (QED) is 0.0691. The van der Waals surface area contributed by atoms with Gasteiger partial charge in [-0.15, -0.1) is 0 Å². The van der Waals surface area contributed by atoms with Crippen LogP contribution in [0.3, 0.4) is 0 Å². The van der Waals surface area contributed by atoms with Crippen LogP contribution in [0.4, 0.5) is 5.82 Å². The first kappa shape index (κ1) is 27.0. The van der Waals surface area contributed by atoms with Crippen LogP contribution in [0.5, 0.6) is 0 Å². The van der Waals surface area contributed by atoms with Gasteiger partial charge in [-0.05, 0) is 38.1 Å². The summed E-state index contributed by atoms with van der Waals surface area (Å²) in [6.45, 7) is 2.45. The molecule has 3 unspecified atom stereocenters. The summed E-state index contributed by atoms with van der Waals surface area (Å²) in [5, 5.41) is 9.39. The Morgan fingerprint density at radius 1 is 1.24 bits per heavy atom. The molecular weight excluding hydrogens is 488 g/mol. The van der Waals surface area contributed by atoms with Gasteiger partial charge in [0.15, 0.2) is 17.3 Å². The number of ketones is 2. The highest BCUT2D eigenvalue weighted by Gasteiger charge is 2.85. The molecule has 0 saturated carbocycles. The fourth-order valence-electron chi connectivity index (χ4n) is 4.84. The molecule has 11 heteroatoms. The van der Waals surface area contributed by atoms with Crippen molar-refractivity contribution in [3.63, 3.8) is 0 Å². The minimum Gasteiger partial charge on any atom is -0.466 e. The molecule has 1 aromatic carbocycles. The lowest BCUT2D eigenvalue weighted by Crippen LogP contribution is -2.50. The number of hydrogen-bond acceptors (Lipinski definition) is 9. The van der Waals surface area contributed by atoms with Crippen molar-refractivity contribution in [2.24, 2.45) is 10.7 Å². The molecule has 0 spiro atoms. The van der Waals surface area contributed by atoms with E-state index in [1.807, 2.05) is 32.2 Å². The highest BCUT2D eigenvalue weighted by molar-refractivity contribution is 6.32. The number of guanidine groups is 1. The van der Waals surface area contributed by atoms with Gasteiger partial charge in [0.05, 0.1) is 19.8 Å². The SMILES string of the molecule is CN=C(N)NC(CC(C)=CCC12OC1(C(=O)OC)C(=O)c1ccccc1C2=O)c1ccnc(NCNC)c1. The van der Waals surface area contributed by atoms with Gasteiger partial charge >= 0.3 is 5.97 Å². The fraction of sp³-hybridized carbons (Fsp3) is 0.370. The third-order valence-electron chi connectivity index (χ3n) is 6.89. The maximum absolute atomic E-state index is 13.5. The number of anilines is 1. The molecule has 11 nitrogen and oxygen atoms in total. The predicted molar refractivity (Wildman–Crippen MR) is 142 cm³/mol. The van der Waals surface area contributed by atoms with Crippen molar-refractivity contribution in [2.75, 3.05) is 33.2 Å². The maximum atomic E-state index is 13.5. The van der Waals surface area contributed by atoms with Crippen molar-refractivity contribution in [1.29, 1.82) is 0 Å². The van der Waals surface area contributed by atoms with E-state index >= 15 is 0 Å². The smallest absolute Gasteiger partial charge is 0.350 e. The normalized spacial score (nSPS) is 23.3. The van der Waals surface area contributed by atoms with Gasteiger partial charge in [0, 0.05) is 30.8 Å². The van der Waals surface area contributed by atoms with Gasteiger partial charge in [0.25, 0.3) is 5.60 Å². The average molecular weight is 521 g/mol. The minimum absolute atomic E-state index is 0.0300. The lowest BCUT2D eigenvalue weighted by Gasteiger charge is -2.23. The van der Waals surface area contributed by atoms with Crippen LogP contribution in [0.2, 0.25) is 0 Å². The maximum Gasteiger partial charge on any atom is 0.350 e. The van der Waals surface area contributed by atoms with Crippen LogP contribution in [0.25, 0.3) is 0 Å². The number of aliphatic imine (C=N–C) groups is 1. The molecule has 38 heavy (non-hydrogen) atoms. The van der Waals surface area contributed by atoms with E-state index in [9.17, 15) is 14.4 Å². The molecule has 4 rings (SSSR count). The van der Waals surface area contributed by atoms with Crippen molar-refractivity contribution in [3.05, 3.63) is 70.9 Å². The standard InChI is InChI=1S/C27H32N6O5/c1-16(13-20(33-25(28)30-3)17-10-12-31-21(14-17)32-15-29-2)9-11-26-22(34)18-7-5-6-8-19(18)23(35)27(26,38-26)24(36)37-4/h5-10,12,14,20,29H,11,13,15H2,1-4H3,(H,31,32)(H3,28,30,33). The Morgan fingerprint density at radius 2 is 1.95 bits per heavy atom. The second-order valence-corrected chi connectivity index (χ2v) is 9.25. The Balaban J connectivity index is 1.61. The van der Waals surface area contributed by atoms with Crippen LogP contribution in [-0.4, -0.2) is 67.6 Å². The summed E-state index contributed by atoms with van der Waals surface area (Å²) in [6, 6.07) is 9.95. The van der Waals surface area contributed by atoms with Crippen molar-refractivity contribution < 1.29 is 23.9 Å². The Hall–Kier alpha value is -4.09. The second kappa shape index (κ2) is 10.7. The molecule has 2 aromatic rings. The molecule has 1 saturated heterocycles. The molecule has 1 fully saturated rings. The molecule has 3 atom stereocenters. The third-order valence-corrected chi connectivity index (χ3v) is 6.89. The van der Waals surface area contributed by atoms with Crippen LogP contribution in [0.15, 0.2) is 59.2 Å². The highest BCUT2D eigenvalue weighted by Crippen LogP contribution is 2.58. The Morgan fingerprint density at radius 3 is 2.61 bits per heavy atom. The number of Topliss-reactive ketones (excluding diaryl/α,β-unsaturated/α-hetero) is 2. The summed E-state index contributed by atoms with van der Waals surface area (Å²) in [6.07, 6.45) is 4.04. The number of esters is 1. The van der Waals surface area contributed by atoms with Crippen LogP contribution in [-0.2, 0) is 14.3 Å². The summed E-state index contributed by atoms with van der Waals surface area (Å²) < 4.78 is 10.7. The lowest BCUT2D eigenvalue weighted by atomic mass is 9.72. The van der Waals surface area contributed by atoms with E-state index in [2.05, 4.69) is 25.9 Å². The number of carbonyl (C=O) groups is 3. The van der Waals surface area contributed by atoms with E-state index in [0.717, 1.165) is 11.1 Å². The van der Waals surface area contributed by atoms with Crippen LogP contribution in [0.1, 0.15) is 52.1 Å². The first-order valence-corrected chi connectivity index (χ1v) is 12.2. The van der Waals surface area contributed by atoms with Crippen molar-refractivity contribution >= 4 is 29.3 Å². The number of rotatable bonds is 10. The molecular formula is C27H32N6O5. The molecule has 1 aromatic heterocycles. The monoisotopic (exact) mass is 520 g/mol. The number of pyridine rings is 1. The van der Waals surface area contributed by atoms with Gasteiger partial charge in [-0.2, -0.15) is 0 Å². The number of ether oxygens (including phenoxy) is 2. The number of epoxide rings is 1. The van der Waals surface area contributed by atoms with Gasteiger partial charge in [-0.1, -0.05) is 35.9 Å². The zero-order valence-corrected chi connectivity index (χ0v) is 21.8. The van der Waals surface area contributed by atoms with E-state index in [4.69, 9.17) is 15.2 Å². The van der Waals surface area contributed by atoms with Gasteiger partial charge in [0.2, 0.25) is 5.78 Å². The van der Waals surface area contributed by atoms with Gasteiger partial charge in [-0.25, -0.2) is 9.78 Å². The lowest BCUT2D eigenvalue weighted by molar-refractivity contribution is -0.145. The highest BCUT2D eigenvalue weighted by atomic mass is 16.7. The zero-order chi connectivity index (χ0) is 27.5. The molecule has 2 heterocycles. The average Bonchev–Trinajstić information content (AvgIpc) is 3.65. The molecule has 1 aliphatic carbocycles. The molecule has 0 radical (unpaired) electrons. The first-order chi connectivity index (χ1) is 18.2. The molecule has 2 aliphatic rings. The third kappa shape index (κ3) is 4.54. The van der Waals surface area contributed by atoms with Crippen molar-refractivity contribution in [3.8, 4) is 0 Å². The van der Waals surface area contributed by atoms with E-state index in [0.29, 0.717) is 18.9 Å². The number of fused-ring (bicyclic) bond motifs is 2. The van der Waals surface area contributed by atoms with Crippen LogP contribution < -0.4 is 21.7 Å². The molecule has 0 bridgehead atoms. The number of aromatic nitrogens is 1. The predicted octanol–water partition coefficient (Wildman–Crippen LogP) is 1.73. The Kier molecular flexibility index (Phi) is 7.61. The largest absolute Gasteiger partial charge is 0.466 e. The number of nitrogens with one attached hydrogen (secondary N) is 3. The molecule has 0 amide bonds. The van der Waals surface area contributed by atoms with Crippen LogP contribution >= 0.6 is 0 Å². The number of nitrogens with zero attached hydrogens (tertiary/aromatic N) is 2. The summed E-state index contributed by atoms with van der Waals surface area (Å²) in [4.78, 5) is 48.0. The molecule has 200 valence electrons. The zero-order valence-electron chi connectivity index (χ0n) is 21.8. The molecule has 1 aliphatic heterocycles. The fourth-order valence-corrected chi connectivity index (χ4v) is 4.84. The van der Waals surface area contributed by atoms with Crippen molar-refractivity contribution in [2.45, 2.75) is 37.0 Å². The first-order valence-electron chi connectivity index (χ1n) is 12.2. The Bertz CT molecular complexity index is 1320. The second-order valence-electron chi connectivity index (χ2n) is 9.25. The van der Waals surface area contributed by atoms with Crippen LogP contribution in [0, 0.1) is 0 Å². The number of hydrogen-bond donors (Lipinski definition) is 4. The van der Waals surface area contributed by atoms with Gasteiger partial charge in [-0.3, -0.25) is 14.6 Å². The van der Waals surface area contributed by atoms with E-state index in [1.54, 1.807) is 31.4 Å². The number of methoxy groups -OCH3 is 1.